The van der Waals surface area contributed by atoms with Crippen LogP contribution in [0.4, 0.5) is 13.2 Å². The van der Waals surface area contributed by atoms with E-state index in [1.807, 2.05) is 11.4 Å². The second-order valence-corrected chi connectivity index (χ2v) is 11.3. The van der Waals surface area contributed by atoms with Crippen LogP contribution >= 0.6 is 0 Å². The molecule has 0 radical (unpaired) electrons. The van der Waals surface area contributed by atoms with Crippen molar-refractivity contribution >= 4 is 23.6 Å². The third kappa shape index (κ3) is 4.45. The second kappa shape index (κ2) is 8.38. The number of piperidine rings is 1. The molecule has 2 aliphatic carbocycles. The topological polar surface area (TPSA) is 131 Å². The fourth-order valence-corrected chi connectivity index (χ4v) is 5.88. The Labute approximate surface area is 201 Å². The monoisotopic (exact) mass is 497 g/mol. The Morgan fingerprint density at radius 2 is 1.89 bits per heavy atom. The molecule has 0 aromatic heterocycles. The van der Waals surface area contributed by atoms with Gasteiger partial charge in [-0.3, -0.25) is 19.2 Å². The first-order valence-corrected chi connectivity index (χ1v) is 11.9. The summed E-state index contributed by atoms with van der Waals surface area (Å²) < 4.78 is 38.8. The van der Waals surface area contributed by atoms with E-state index in [9.17, 15) is 37.6 Å². The number of hydrogen-bond donors (Lipinski definition) is 3. The van der Waals surface area contributed by atoms with Gasteiger partial charge in [-0.2, -0.15) is 18.4 Å². The van der Waals surface area contributed by atoms with Crippen molar-refractivity contribution in [1.29, 1.82) is 5.26 Å². The summed E-state index contributed by atoms with van der Waals surface area (Å²) >= 11 is 0. The number of amides is 4. The standard InChI is InChI=1S/C23H30F3N5O4/c1-21(2,3)16(30-20(35)23(24,25)26)19(34)31-13-9-22(5-6-22)14(13)15(31)18(33)29-12(10-27)8-11-4-7-28-17(11)32/h11-16H,4-9H2,1-3H3,(H,28,32)(H,29,33)(H,30,35)/t11-,12-,13+,14?,15-,16+/m0/s1. The van der Waals surface area contributed by atoms with Gasteiger partial charge < -0.3 is 20.9 Å². The van der Waals surface area contributed by atoms with E-state index in [1.54, 1.807) is 20.8 Å². The minimum Gasteiger partial charge on any atom is -0.356 e. The van der Waals surface area contributed by atoms with Crippen molar-refractivity contribution in [3.8, 4) is 6.07 Å². The minimum atomic E-state index is -5.15. The molecule has 0 aromatic carbocycles. The lowest BCUT2D eigenvalue weighted by molar-refractivity contribution is -0.200. The van der Waals surface area contributed by atoms with Crippen LogP contribution in [0.15, 0.2) is 0 Å². The Morgan fingerprint density at radius 3 is 2.37 bits per heavy atom. The smallest absolute Gasteiger partial charge is 0.356 e. The van der Waals surface area contributed by atoms with Gasteiger partial charge >= 0.3 is 12.1 Å². The van der Waals surface area contributed by atoms with Crippen molar-refractivity contribution in [2.45, 2.75) is 83.2 Å². The van der Waals surface area contributed by atoms with Crippen molar-refractivity contribution in [1.82, 2.24) is 20.9 Å². The summed E-state index contributed by atoms with van der Waals surface area (Å²) in [6, 6.07) is -1.64. The molecule has 6 atom stereocenters. The summed E-state index contributed by atoms with van der Waals surface area (Å²) in [5.74, 6) is -4.20. The number of rotatable bonds is 6. The second-order valence-electron chi connectivity index (χ2n) is 11.3. The first-order chi connectivity index (χ1) is 16.2. The normalized spacial score (nSPS) is 30.1. The number of hydrogen-bond acceptors (Lipinski definition) is 5. The molecule has 1 unspecified atom stereocenters. The van der Waals surface area contributed by atoms with Crippen LogP contribution < -0.4 is 16.0 Å². The summed E-state index contributed by atoms with van der Waals surface area (Å²) in [6.07, 6.45) is -1.96. The Balaban J connectivity index is 1.51. The molecule has 9 nitrogen and oxygen atoms in total. The number of nitrogens with zero attached hydrogens (tertiary/aromatic N) is 2. The Morgan fingerprint density at radius 1 is 1.23 bits per heavy atom. The molecule has 35 heavy (non-hydrogen) atoms. The fourth-order valence-electron chi connectivity index (χ4n) is 5.88. The summed E-state index contributed by atoms with van der Waals surface area (Å²) in [5.41, 5.74) is -1.08. The van der Waals surface area contributed by atoms with Crippen molar-refractivity contribution < 1.29 is 32.3 Å². The number of alkyl halides is 3. The van der Waals surface area contributed by atoms with E-state index in [0.717, 1.165) is 12.8 Å². The van der Waals surface area contributed by atoms with E-state index in [2.05, 4.69) is 10.6 Å². The van der Waals surface area contributed by atoms with Crippen molar-refractivity contribution in [3.63, 3.8) is 0 Å². The molecule has 2 saturated carbocycles. The molecule has 12 heteroatoms. The van der Waals surface area contributed by atoms with Gasteiger partial charge in [0.25, 0.3) is 0 Å². The quantitative estimate of drug-likeness (QED) is 0.504. The predicted octanol–water partition coefficient (Wildman–Crippen LogP) is 0.994. The van der Waals surface area contributed by atoms with Crippen molar-refractivity contribution in [3.05, 3.63) is 0 Å². The van der Waals surface area contributed by atoms with Crippen molar-refractivity contribution in [2.24, 2.45) is 22.7 Å². The Hall–Kier alpha value is -2.84. The average Bonchev–Trinajstić information content (AvgIpc) is 3.43. The van der Waals surface area contributed by atoms with E-state index < -0.39 is 53.4 Å². The highest BCUT2D eigenvalue weighted by Gasteiger charge is 2.74. The maximum Gasteiger partial charge on any atom is 0.471 e. The molecule has 4 amide bonds. The molecular formula is C23H30F3N5O4. The highest BCUT2D eigenvalue weighted by atomic mass is 19.4. The van der Waals surface area contributed by atoms with E-state index >= 15 is 0 Å². The molecule has 0 bridgehead atoms. The molecular weight excluding hydrogens is 467 g/mol. The van der Waals surface area contributed by atoms with E-state index in [1.165, 1.54) is 4.90 Å². The third-order valence-corrected chi connectivity index (χ3v) is 7.95. The Bertz CT molecular complexity index is 981. The highest BCUT2D eigenvalue weighted by molar-refractivity contribution is 5.96. The molecule has 4 aliphatic rings. The summed E-state index contributed by atoms with van der Waals surface area (Å²) in [5, 5.41) is 16.7. The van der Waals surface area contributed by atoms with Crippen LogP contribution in [0, 0.1) is 34.0 Å². The fraction of sp³-hybridized carbons (Fsp3) is 0.783. The third-order valence-electron chi connectivity index (χ3n) is 7.95. The number of halogens is 3. The van der Waals surface area contributed by atoms with Crippen LogP contribution in [0.1, 0.15) is 52.9 Å². The number of likely N-dealkylation sites (tertiary alicyclic amines) is 1. The average molecular weight is 498 g/mol. The van der Waals surface area contributed by atoms with E-state index in [0.29, 0.717) is 19.4 Å². The molecule has 4 rings (SSSR count). The van der Waals surface area contributed by atoms with Crippen LogP contribution in [0.5, 0.6) is 0 Å². The summed E-state index contributed by atoms with van der Waals surface area (Å²) in [6.45, 7) is 5.13. The maximum atomic E-state index is 13.5. The molecule has 2 aliphatic heterocycles. The van der Waals surface area contributed by atoms with Crippen LogP contribution in [-0.4, -0.2) is 65.4 Å². The molecule has 2 heterocycles. The lowest BCUT2D eigenvalue weighted by atomic mass is 9.54. The number of fused-ring (bicyclic) bond motifs is 2. The minimum absolute atomic E-state index is 0.0383. The highest BCUT2D eigenvalue weighted by Crippen LogP contribution is 2.71. The van der Waals surface area contributed by atoms with E-state index in [-0.39, 0.29) is 29.7 Å². The van der Waals surface area contributed by atoms with Crippen LogP contribution in [-0.2, 0) is 19.2 Å². The maximum absolute atomic E-state index is 13.5. The van der Waals surface area contributed by atoms with Gasteiger partial charge in [0, 0.05) is 24.4 Å². The zero-order valence-corrected chi connectivity index (χ0v) is 19.9. The SMILES string of the molecule is CC(C)(C)[C@H](NC(=O)C(F)(F)F)C(=O)N1[C@@H]2CC3(CC3)C2[C@H]1C(=O)N[C@H](C#N)C[C@@H]1CCNC1=O. The lowest BCUT2D eigenvalue weighted by Gasteiger charge is -2.66. The van der Waals surface area contributed by atoms with Gasteiger partial charge in [-0.25, -0.2) is 0 Å². The van der Waals surface area contributed by atoms with Gasteiger partial charge in [0.15, 0.2) is 0 Å². The molecule has 1 spiro atoms. The molecule has 4 fully saturated rings. The molecule has 2 saturated heterocycles. The first-order valence-electron chi connectivity index (χ1n) is 11.9. The van der Waals surface area contributed by atoms with Gasteiger partial charge in [0.2, 0.25) is 17.7 Å². The van der Waals surface area contributed by atoms with Gasteiger partial charge in [-0.05, 0) is 42.9 Å². The Kier molecular flexibility index (Phi) is 6.05. The first kappa shape index (κ1) is 25.3. The van der Waals surface area contributed by atoms with Crippen molar-refractivity contribution in [2.75, 3.05) is 6.54 Å². The predicted molar refractivity (Wildman–Crippen MR) is 115 cm³/mol. The van der Waals surface area contributed by atoms with Gasteiger partial charge in [-0.15, -0.1) is 0 Å². The molecule has 3 N–H and O–H groups in total. The van der Waals surface area contributed by atoms with E-state index in [4.69, 9.17) is 0 Å². The largest absolute Gasteiger partial charge is 0.471 e. The zero-order valence-electron chi connectivity index (χ0n) is 19.9. The molecule has 192 valence electrons. The number of nitriles is 1. The lowest BCUT2D eigenvalue weighted by Crippen LogP contribution is -2.80. The van der Waals surface area contributed by atoms with Gasteiger partial charge in [-0.1, -0.05) is 20.8 Å². The molecule has 0 aromatic rings. The number of carbonyl (C=O) groups is 4. The van der Waals surface area contributed by atoms with Crippen LogP contribution in [0.25, 0.3) is 0 Å². The van der Waals surface area contributed by atoms with Gasteiger partial charge in [0.1, 0.15) is 18.1 Å². The van der Waals surface area contributed by atoms with Crippen LogP contribution in [0.3, 0.4) is 0 Å². The van der Waals surface area contributed by atoms with Crippen LogP contribution in [0.2, 0.25) is 0 Å². The van der Waals surface area contributed by atoms with Gasteiger partial charge in [0.05, 0.1) is 6.07 Å². The summed E-state index contributed by atoms with van der Waals surface area (Å²) in [4.78, 5) is 51.6. The summed E-state index contributed by atoms with van der Waals surface area (Å²) in [7, 11) is 0. The zero-order chi connectivity index (χ0) is 25.9. The number of nitrogens with one attached hydrogen (secondary N) is 3. The number of carbonyl (C=O) groups excluding carboxylic acids is 4.